The molecule has 0 spiro atoms. The first-order valence-electron chi connectivity index (χ1n) is 6.83. The van der Waals surface area contributed by atoms with Crippen molar-refractivity contribution in [1.29, 1.82) is 0 Å². The number of hydrogen-bond donors (Lipinski definition) is 1. The first-order valence-corrected chi connectivity index (χ1v) is 6.83. The van der Waals surface area contributed by atoms with E-state index in [1.165, 1.54) is 0 Å². The summed E-state index contributed by atoms with van der Waals surface area (Å²) in [6.07, 6.45) is 0. The Kier molecular flexibility index (Phi) is 2.60. The Balaban J connectivity index is 1.81. The molecule has 0 radical (unpaired) electrons. The minimum atomic E-state index is -0.0635. The number of hydrogen-bond acceptors (Lipinski definition) is 2. The molecule has 0 atom stereocenters. The van der Waals surface area contributed by atoms with Gasteiger partial charge in [-0.25, -0.2) is 0 Å². The number of aromatic nitrogens is 3. The second kappa shape index (κ2) is 4.59. The number of H-pyrrole nitrogens is 1. The van der Waals surface area contributed by atoms with E-state index < -0.39 is 0 Å². The van der Waals surface area contributed by atoms with Gasteiger partial charge in [0.25, 0.3) is 5.56 Å². The molecule has 4 nitrogen and oxygen atoms in total. The van der Waals surface area contributed by atoms with Crippen molar-refractivity contribution < 1.29 is 0 Å². The van der Waals surface area contributed by atoms with Crippen LogP contribution in [0.5, 0.6) is 0 Å². The van der Waals surface area contributed by atoms with Crippen LogP contribution < -0.4 is 5.56 Å². The van der Waals surface area contributed by atoms with Gasteiger partial charge in [-0.3, -0.25) is 19.6 Å². The van der Waals surface area contributed by atoms with Crippen molar-refractivity contribution in [3.05, 3.63) is 76.7 Å². The molecule has 102 valence electrons. The van der Waals surface area contributed by atoms with Crippen LogP contribution >= 0.6 is 0 Å². The molecule has 2 heterocycles. The lowest BCUT2D eigenvalue weighted by Gasteiger charge is -2.05. The minimum Gasteiger partial charge on any atom is -0.278 e. The summed E-state index contributed by atoms with van der Waals surface area (Å²) >= 11 is 0. The Morgan fingerprint density at radius 3 is 2.71 bits per heavy atom. The number of para-hydroxylation sites is 2. The summed E-state index contributed by atoms with van der Waals surface area (Å²) in [7, 11) is 0. The maximum absolute atomic E-state index is 11.9. The number of pyridine rings is 1. The summed E-state index contributed by atoms with van der Waals surface area (Å²) < 4.78 is 1.84. The van der Waals surface area contributed by atoms with Crippen LogP contribution in [0, 0.1) is 0 Å². The standard InChI is InChI=1S/C17H13N3O/c21-17-14-6-2-4-8-16(14)20(19-17)11-13-10-9-12-5-1-3-7-15(12)18-13/h1-10H,11H2,(H,19,21). The zero-order valence-electron chi connectivity index (χ0n) is 11.3. The molecule has 4 rings (SSSR count). The van der Waals surface area contributed by atoms with Crippen molar-refractivity contribution in [1.82, 2.24) is 14.8 Å². The van der Waals surface area contributed by atoms with E-state index in [4.69, 9.17) is 0 Å². The highest BCUT2D eigenvalue weighted by molar-refractivity contribution is 5.79. The summed E-state index contributed by atoms with van der Waals surface area (Å²) in [5, 5.41) is 4.69. The molecule has 0 aliphatic heterocycles. The maximum Gasteiger partial charge on any atom is 0.271 e. The van der Waals surface area contributed by atoms with Crippen LogP contribution in [0.1, 0.15) is 5.69 Å². The van der Waals surface area contributed by atoms with Crippen molar-refractivity contribution >= 4 is 21.8 Å². The van der Waals surface area contributed by atoms with E-state index in [2.05, 4.69) is 16.1 Å². The van der Waals surface area contributed by atoms with Crippen molar-refractivity contribution in [2.24, 2.45) is 0 Å². The number of benzene rings is 2. The van der Waals surface area contributed by atoms with Crippen LogP contribution in [0.2, 0.25) is 0 Å². The van der Waals surface area contributed by atoms with E-state index in [0.717, 1.165) is 22.1 Å². The molecular formula is C17H13N3O. The predicted octanol–water partition coefficient (Wildman–Crippen LogP) is 2.93. The Hall–Kier alpha value is -2.88. The Labute approximate surface area is 120 Å². The zero-order valence-corrected chi connectivity index (χ0v) is 11.3. The lowest BCUT2D eigenvalue weighted by atomic mass is 10.2. The summed E-state index contributed by atoms with van der Waals surface area (Å²) in [4.78, 5) is 16.5. The molecule has 0 aliphatic rings. The van der Waals surface area contributed by atoms with Gasteiger partial charge in [-0.15, -0.1) is 0 Å². The van der Waals surface area contributed by atoms with E-state index in [0.29, 0.717) is 11.9 Å². The van der Waals surface area contributed by atoms with E-state index >= 15 is 0 Å². The van der Waals surface area contributed by atoms with E-state index in [9.17, 15) is 4.79 Å². The van der Waals surface area contributed by atoms with Crippen molar-refractivity contribution in [3.8, 4) is 0 Å². The third-order valence-corrected chi connectivity index (χ3v) is 3.65. The number of fused-ring (bicyclic) bond motifs is 2. The SMILES string of the molecule is O=c1[nH]n(Cc2ccc3ccccc3n2)c2ccccc12. The molecule has 0 unspecified atom stereocenters. The lowest BCUT2D eigenvalue weighted by Crippen LogP contribution is -2.07. The van der Waals surface area contributed by atoms with Gasteiger partial charge < -0.3 is 0 Å². The number of aromatic amines is 1. The number of nitrogens with one attached hydrogen (secondary N) is 1. The average molecular weight is 275 g/mol. The van der Waals surface area contributed by atoms with Crippen molar-refractivity contribution in [3.63, 3.8) is 0 Å². The Bertz CT molecular complexity index is 997. The molecule has 0 saturated carbocycles. The molecule has 0 saturated heterocycles. The predicted molar refractivity (Wildman–Crippen MR) is 83.4 cm³/mol. The normalized spacial score (nSPS) is 11.2. The molecule has 21 heavy (non-hydrogen) atoms. The first-order chi connectivity index (χ1) is 10.3. The maximum atomic E-state index is 11.9. The van der Waals surface area contributed by atoms with Crippen LogP contribution in [0.3, 0.4) is 0 Å². The largest absolute Gasteiger partial charge is 0.278 e. The van der Waals surface area contributed by atoms with Gasteiger partial charge in [-0.05, 0) is 24.3 Å². The van der Waals surface area contributed by atoms with Crippen LogP contribution in [0.25, 0.3) is 21.8 Å². The lowest BCUT2D eigenvalue weighted by molar-refractivity contribution is 0.690. The van der Waals surface area contributed by atoms with Gasteiger partial charge in [0.1, 0.15) is 0 Å². The molecule has 2 aromatic carbocycles. The van der Waals surface area contributed by atoms with E-state index in [-0.39, 0.29) is 5.56 Å². The molecule has 1 N–H and O–H groups in total. The smallest absolute Gasteiger partial charge is 0.271 e. The monoisotopic (exact) mass is 275 g/mol. The quantitative estimate of drug-likeness (QED) is 0.611. The van der Waals surface area contributed by atoms with E-state index in [1.807, 2.05) is 59.3 Å². The fraction of sp³-hybridized carbons (Fsp3) is 0.0588. The molecule has 0 aliphatic carbocycles. The highest BCUT2D eigenvalue weighted by atomic mass is 16.1. The summed E-state index contributed by atoms with van der Waals surface area (Å²) in [5.41, 5.74) is 2.73. The summed E-state index contributed by atoms with van der Waals surface area (Å²) in [6, 6.07) is 19.6. The van der Waals surface area contributed by atoms with Gasteiger partial charge in [-0.1, -0.05) is 36.4 Å². The second-order valence-corrected chi connectivity index (χ2v) is 5.04. The molecule has 4 heteroatoms. The summed E-state index contributed by atoms with van der Waals surface area (Å²) in [5.74, 6) is 0. The third kappa shape index (κ3) is 2.01. The molecule has 2 aromatic heterocycles. The van der Waals surface area contributed by atoms with Crippen LogP contribution in [0.15, 0.2) is 65.5 Å². The highest BCUT2D eigenvalue weighted by Crippen LogP contribution is 2.14. The minimum absolute atomic E-state index is 0.0635. The van der Waals surface area contributed by atoms with Crippen LogP contribution in [0.4, 0.5) is 0 Å². The highest BCUT2D eigenvalue weighted by Gasteiger charge is 2.06. The number of rotatable bonds is 2. The zero-order chi connectivity index (χ0) is 14.2. The van der Waals surface area contributed by atoms with Gasteiger partial charge in [-0.2, -0.15) is 0 Å². The van der Waals surface area contributed by atoms with E-state index in [1.54, 1.807) is 0 Å². The topological polar surface area (TPSA) is 50.7 Å². The molecular weight excluding hydrogens is 262 g/mol. The fourth-order valence-corrected chi connectivity index (χ4v) is 2.63. The number of nitrogens with zero attached hydrogens (tertiary/aromatic N) is 2. The third-order valence-electron chi connectivity index (χ3n) is 3.65. The van der Waals surface area contributed by atoms with Gasteiger partial charge in [0.05, 0.1) is 28.7 Å². The van der Waals surface area contributed by atoms with Gasteiger partial charge in [0.15, 0.2) is 0 Å². The van der Waals surface area contributed by atoms with Gasteiger partial charge in [0.2, 0.25) is 0 Å². The van der Waals surface area contributed by atoms with Crippen LogP contribution in [-0.4, -0.2) is 14.8 Å². The second-order valence-electron chi connectivity index (χ2n) is 5.04. The van der Waals surface area contributed by atoms with Gasteiger partial charge >= 0.3 is 0 Å². The Morgan fingerprint density at radius 2 is 1.76 bits per heavy atom. The first kappa shape index (κ1) is 11.9. The molecule has 4 aromatic rings. The molecule has 0 bridgehead atoms. The molecule has 0 amide bonds. The Morgan fingerprint density at radius 1 is 0.952 bits per heavy atom. The fourth-order valence-electron chi connectivity index (χ4n) is 2.63. The van der Waals surface area contributed by atoms with Crippen molar-refractivity contribution in [2.45, 2.75) is 6.54 Å². The molecule has 0 fully saturated rings. The average Bonchev–Trinajstić information content (AvgIpc) is 2.84. The van der Waals surface area contributed by atoms with Gasteiger partial charge in [0, 0.05) is 5.39 Å². The summed E-state index contributed by atoms with van der Waals surface area (Å²) in [6.45, 7) is 0.549. The van der Waals surface area contributed by atoms with Crippen LogP contribution in [-0.2, 0) is 6.54 Å². The van der Waals surface area contributed by atoms with Crippen molar-refractivity contribution in [2.75, 3.05) is 0 Å².